The molecule has 2 N–H and O–H groups in total. The number of benzene rings is 1. The predicted octanol–water partition coefficient (Wildman–Crippen LogP) is 2.94. The maximum absolute atomic E-state index is 12.4. The van der Waals surface area contributed by atoms with E-state index in [1.54, 1.807) is 12.4 Å². The first kappa shape index (κ1) is 20.6. The molecule has 2 rings (SSSR count). The Kier molecular flexibility index (Phi) is 8.00. The Bertz CT molecular complexity index is 695. The maximum atomic E-state index is 12.4. The van der Waals surface area contributed by atoms with E-state index < -0.39 is 0 Å². The highest BCUT2D eigenvalue weighted by molar-refractivity contribution is 6.03. The highest BCUT2D eigenvalue weighted by Crippen LogP contribution is 2.18. The summed E-state index contributed by atoms with van der Waals surface area (Å²) in [6.45, 7) is 7.95. The van der Waals surface area contributed by atoms with Gasteiger partial charge in [0, 0.05) is 43.4 Å². The van der Waals surface area contributed by atoms with Crippen LogP contribution >= 0.6 is 0 Å². The van der Waals surface area contributed by atoms with Crippen LogP contribution in [-0.4, -0.2) is 61.0 Å². The molecule has 0 atom stereocenters. The highest BCUT2D eigenvalue weighted by Gasteiger charge is 2.08. The second-order valence-corrected chi connectivity index (χ2v) is 6.55. The summed E-state index contributed by atoms with van der Waals surface area (Å²) < 4.78 is 0. The van der Waals surface area contributed by atoms with Crippen molar-refractivity contribution in [2.24, 2.45) is 0 Å². The topological polar surface area (TPSA) is 73.4 Å². The van der Waals surface area contributed by atoms with Gasteiger partial charge in [0.15, 0.2) is 0 Å². The highest BCUT2D eigenvalue weighted by atomic mass is 16.1. The monoisotopic (exact) mass is 370 g/mol. The van der Waals surface area contributed by atoms with Crippen LogP contribution in [0.4, 0.5) is 17.3 Å². The lowest BCUT2D eigenvalue weighted by atomic mass is 10.2. The molecule has 0 bridgehead atoms. The number of anilines is 3. The van der Waals surface area contributed by atoms with Crippen molar-refractivity contribution < 1.29 is 4.79 Å². The number of carbonyl (C=O) groups excluding carboxylic acids is 1. The average Bonchev–Trinajstić information content (AvgIpc) is 2.68. The standard InChI is InChI=1S/C20H30N6O/c1-5-26(6-2)18-10-8-17(9-11-18)24-19(27)16-14-22-20(23-15-16)21-12-7-13-25(3)4/h8-11,14-15H,5-7,12-13H2,1-4H3,(H,24,27)(H,21,22,23). The van der Waals surface area contributed by atoms with Crippen molar-refractivity contribution in [3.05, 3.63) is 42.2 Å². The van der Waals surface area contributed by atoms with Crippen molar-refractivity contribution in [1.82, 2.24) is 14.9 Å². The summed E-state index contributed by atoms with van der Waals surface area (Å²) in [5.41, 5.74) is 2.33. The normalized spacial score (nSPS) is 10.7. The van der Waals surface area contributed by atoms with Crippen molar-refractivity contribution in [2.75, 3.05) is 55.8 Å². The van der Waals surface area contributed by atoms with Gasteiger partial charge in [0.25, 0.3) is 5.91 Å². The van der Waals surface area contributed by atoms with Crippen LogP contribution < -0.4 is 15.5 Å². The Balaban J connectivity index is 1.88. The Morgan fingerprint density at radius 1 is 1.04 bits per heavy atom. The van der Waals surface area contributed by atoms with Gasteiger partial charge in [-0.1, -0.05) is 0 Å². The molecule has 0 saturated heterocycles. The fourth-order valence-corrected chi connectivity index (χ4v) is 2.68. The third-order valence-corrected chi connectivity index (χ3v) is 4.23. The van der Waals surface area contributed by atoms with Crippen LogP contribution in [0.3, 0.4) is 0 Å². The molecule has 0 fully saturated rings. The smallest absolute Gasteiger partial charge is 0.258 e. The molecule has 0 saturated carbocycles. The third-order valence-electron chi connectivity index (χ3n) is 4.23. The van der Waals surface area contributed by atoms with Crippen molar-refractivity contribution in [1.29, 1.82) is 0 Å². The molecule has 2 aromatic rings. The SMILES string of the molecule is CCN(CC)c1ccc(NC(=O)c2cnc(NCCCN(C)C)nc2)cc1. The molecule has 1 heterocycles. The molecule has 0 radical (unpaired) electrons. The molecule has 1 amide bonds. The second kappa shape index (κ2) is 10.5. The minimum atomic E-state index is -0.218. The molecule has 1 aromatic carbocycles. The lowest BCUT2D eigenvalue weighted by Gasteiger charge is -2.21. The Hall–Kier alpha value is -2.67. The molecule has 0 aliphatic heterocycles. The third kappa shape index (κ3) is 6.53. The van der Waals surface area contributed by atoms with Crippen molar-refractivity contribution in [2.45, 2.75) is 20.3 Å². The zero-order chi connectivity index (χ0) is 19.6. The van der Waals surface area contributed by atoms with Gasteiger partial charge in [0.1, 0.15) is 0 Å². The molecule has 146 valence electrons. The summed E-state index contributed by atoms with van der Waals surface area (Å²) in [5.74, 6) is 0.318. The van der Waals surface area contributed by atoms with Gasteiger partial charge in [-0.25, -0.2) is 9.97 Å². The molecule has 7 nitrogen and oxygen atoms in total. The van der Waals surface area contributed by atoms with Crippen LogP contribution in [0, 0.1) is 0 Å². The minimum absolute atomic E-state index is 0.218. The minimum Gasteiger partial charge on any atom is -0.372 e. The molecule has 0 aliphatic carbocycles. The van der Waals surface area contributed by atoms with Gasteiger partial charge in [-0.15, -0.1) is 0 Å². The van der Waals surface area contributed by atoms with Crippen molar-refractivity contribution >= 4 is 23.2 Å². The molecule has 7 heteroatoms. The number of rotatable bonds is 10. The van der Waals surface area contributed by atoms with Crippen molar-refractivity contribution in [3.8, 4) is 0 Å². The van der Waals surface area contributed by atoms with E-state index in [2.05, 4.69) is 44.2 Å². The van der Waals surface area contributed by atoms with Gasteiger partial charge in [0.05, 0.1) is 5.56 Å². The Labute approximate surface area is 161 Å². The van der Waals surface area contributed by atoms with Crippen LogP contribution in [0.1, 0.15) is 30.6 Å². The largest absolute Gasteiger partial charge is 0.372 e. The molecule has 0 unspecified atom stereocenters. The first-order valence-electron chi connectivity index (χ1n) is 9.40. The van der Waals surface area contributed by atoms with Gasteiger partial charge in [-0.2, -0.15) is 0 Å². The van der Waals surface area contributed by atoms with Gasteiger partial charge in [-0.3, -0.25) is 4.79 Å². The first-order valence-corrected chi connectivity index (χ1v) is 9.40. The van der Waals surface area contributed by atoms with E-state index in [1.165, 1.54) is 0 Å². The summed E-state index contributed by atoms with van der Waals surface area (Å²) in [7, 11) is 4.09. The van der Waals surface area contributed by atoms with E-state index in [4.69, 9.17) is 0 Å². The lowest BCUT2D eigenvalue weighted by molar-refractivity contribution is 0.102. The zero-order valence-corrected chi connectivity index (χ0v) is 16.7. The van der Waals surface area contributed by atoms with E-state index >= 15 is 0 Å². The van der Waals surface area contributed by atoms with E-state index in [1.807, 2.05) is 38.4 Å². The van der Waals surface area contributed by atoms with Crippen LogP contribution in [0.5, 0.6) is 0 Å². The van der Waals surface area contributed by atoms with Gasteiger partial charge in [-0.05, 0) is 65.2 Å². The number of nitrogens with one attached hydrogen (secondary N) is 2. The fourth-order valence-electron chi connectivity index (χ4n) is 2.68. The molecular formula is C20H30N6O. The second-order valence-electron chi connectivity index (χ2n) is 6.55. The number of hydrogen-bond acceptors (Lipinski definition) is 6. The summed E-state index contributed by atoms with van der Waals surface area (Å²) in [5, 5.41) is 6.04. The molecule has 27 heavy (non-hydrogen) atoms. The molecule has 0 spiro atoms. The lowest BCUT2D eigenvalue weighted by Crippen LogP contribution is -2.21. The number of carbonyl (C=O) groups is 1. The number of aromatic nitrogens is 2. The number of amides is 1. The number of nitrogens with zero attached hydrogens (tertiary/aromatic N) is 4. The van der Waals surface area contributed by atoms with Gasteiger partial charge in [0.2, 0.25) is 5.95 Å². The average molecular weight is 371 g/mol. The van der Waals surface area contributed by atoms with Crippen molar-refractivity contribution in [3.63, 3.8) is 0 Å². The molecular weight excluding hydrogens is 340 g/mol. The first-order chi connectivity index (χ1) is 13.0. The van der Waals surface area contributed by atoms with Crippen LogP contribution in [0.25, 0.3) is 0 Å². The molecule has 0 aliphatic rings. The van der Waals surface area contributed by atoms with Crippen LogP contribution in [-0.2, 0) is 0 Å². The Morgan fingerprint density at radius 2 is 1.67 bits per heavy atom. The molecule has 1 aromatic heterocycles. The summed E-state index contributed by atoms with van der Waals surface area (Å²) >= 11 is 0. The zero-order valence-electron chi connectivity index (χ0n) is 16.7. The van der Waals surface area contributed by atoms with E-state index in [9.17, 15) is 4.79 Å². The van der Waals surface area contributed by atoms with Gasteiger partial charge < -0.3 is 20.4 Å². The van der Waals surface area contributed by atoms with Crippen LogP contribution in [0.15, 0.2) is 36.7 Å². The Morgan fingerprint density at radius 3 is 2.22 bits per heavy atom. The van der Waals surface area contributed by atoms with Crippen LogP contribution in [0.2, 0.25) is 0 Å². The van der Waals surface area contributed by atoms with E-state index in [-0.39, 0.29) is 5.91 Å². The maximum Gasteiger partial charge on any atom is 0.258 e. The quantitative estimate of drug-likeness (QED) is 0.627. The van der Waals surface area contributed by atoms with E-state index in [0.29, 0.717) is 11.5 Å². The predicted molar refractivity (Wildman–Crippen MR) is 112 cm³/mol. The number of hydrogen-bond donors (Lipinski definition) is 2. The van der Waals surface area contributed by atoms with E-state index in [0.717, 1.165) is 44.0 Å². The summed E-state index contributed by atoms with van der Waals surface area (Å²) in [6, 6.07) is 7.85. The summed E-state index contributed by atoms with van der Waals surface area (Å²) in [6.07, 6.45) is 4.09. The van der Waals surface area contributed by atoms with Gasteiger partial charge >= 0.3 is 0 Å². The fraction of sp³-hybridized carbons (Fsp3) is 0.450. The summed E-state index contributed by atoms with van der Waals surface area (Å²) in [4.78, 5) is 25.2.